The molecule has 2 N–H and O–H groups in total. The summed E-state index contributed by atoms with van der Waals surface area (Å²) in [5.74, 6) is 1.21. The van der Waals surface area contributed by atoms with Gasteiger partial charge in [-0.1, -0.05) is 18.9 Å². The normalized spacial score (nSPS) is 19.0. The zero-order valence-electron chi connectivity index (χ0n) is 16.8. The van der Waals surface area contributed by atoms with E-state index in [9.17, 15) is 9.90 Å². The van der Waals surface area contributed by atoms with Crippen molar-refractivity contribution in [2.45, 2.75) is 45.2 Å². The molecule has 0 aromatic carbocycles. The van der Waals surface area contributed by atoms with Crippen molar-refractivity contribution in [2.75, 3.05) is 16.8 Å². The van der Waals surface area contributed by atoms with E-state index in [-0.39, 0.29) is 24.5 Å². The first-order valence-electron chi connectivity index (χ1n) is 10.1. The largest absolute Gasteiger partial charge is 0.396 e. The summed E-state index contributed by atoms with van der Waals surface area (Å²) < 4.78 is 2.65. The summed E-state index contributed by atoms with van der Waals surface area (Å²) >= 11 is 3.53. The number of hydrogen-bond acceptors (Lipinski definition) is 6. The molecule has 4 rings (SSSR count). The molecule has 8 nitrogen and oxygen atoms in total. The Labute approximate surface area is 183 Å². The zero-order valence-corrected chi connectivity index (χ0v) is 18.4. The number of halogens is 1. The second kappa shape index (κ2) is 9.09. The Bertz CT molecular complexity index is 1030. The third-order valence-electron chi connectivity index (χ3n) is 5.61. The Morgan fingerprint density at radius 1 is 1.37 bits per heavy atom. The van der Waals surface area contributed by atoms with Gasteiger partial charge in [0, 0.05) is 37.9 Å². The molecule has 3 heterocycles. The number of aromatic nitrogens is 4. The minimum atomic E-state index is -0.129. The maximum absolute atomic E-state index is 12.6. The van der Waals surface area contributed by atoms with Gasteiger partial charge in [-0.05, 0) is 40.4 Å². The van der Waals surface area contributed by atoms with Crippen LogP contribution in [0.25, 0.3) is 5.65 Å². The predicted molar refractivity (Wildman–Crippen MR) is 118 cm³/mol. The van der Waals surface area contributed by atoms with Crippen LogP contribution >= 0.6 is 15.9 Å². The number of nitrogens with one attached hydrogen (secondary N) is 1. The molecular formula is C21H25BrN6O2. The van der Waals surface area contributed by atoms with E-state index < -0.39 is 0 Å². The molecule has 2 unspecified atom stereocenters. The molecule has 0 spiro atoms. The quantitative estimate of drug-likeness (QED) is 0.570. The summed E-state index contributed by atoms with van der Waals surface area (Å²) in [4.78, 5) is 27.6. The van der Waals surface area contributed by atoms with E-state index in [0.717, 1.165) is 35.8 Å². The van der Waals surface area contributed by atoms with E-state index in [1.165, 1.54) is 6.92 Å². The van der Waals surface area contributed by atoms with E-state index in [1.54, 1.807) is 23.5 Å². The summed E-state index contributed by atoms with van der Waals surface area (Å²) in [5, 5.41) is 13.3. The number of carbonyl (C=O) groups is 1. The SMILES string of the molecule is CC(=O)N(Cc1cccnc1)c1nc(NC2CCCCC2CO)cn2c(Br)cnc12. The van der Waals surface area contributed by atoms with Crippen LogP contribution < -0.4 is 10.2 Å². The molecule has 1 saturated carbocycles. The van der Waals surface area contributed by atoms with Crippen LogP contribution in [0.2, 0.25) is 0 Å². The first-order chi connectivity index (χ1) is 14.6. The molecule has 1 amide bonds. The first-order valence-corrected chi connectivity index (χ1v) is 10.9. The van der Waals surface area contributed by atoms with Gasteiger partial charge in [0.1, 0.15) is 10.4 Å². The molecule has 0 bridgehead atoms. The van der Waals surface area contributed by atoms with Gasteiger partial charge in [-0.3, -0.25) is 19.1 Å². The van der Waals surface area contributed by atoms with Gasteiger partial charge < -0.3 is 10.4 Å². The number of rotatable bonds is 6. The number of hydrogen-bond donors (Lipinski definition) is 2. The van der Waals surface area contributed by atoms with E-state index >= 15 is 0 Å². The van der Waals surface area contributed by atoms with Gasteiger partial charge in [0.15, 0.2) is 11.5 Å². The lowest BCUT2D eigenvalue weighted by atomic mass is 9.85. The van der Waals surface area contributed by atoms with Crippen LogP contribution in [-0.2, 0) is 11.3 Å². The predicted octanol–water partition coefficient (Wildman–Crippen LogP) is 3.40. The molecule has 0 saturated heterocycles. The van der Waals surface area contributed by atoms with E-state index in [2.05, 4.69) is 31.2 Å². The first kappa shape index (κ1) is 20.7. The fraction of sp³-hybridized carbons (Fsp3) is 0.429. The van der Waals surface area contributed by atoms with Gasteiger partial charge in [-0.15, -0.1) is 0 Å². The Hall–Kier alpha value is -2.52. The van der Waals surface area contributed by atoms with Crippen molar-refractivity contribution in [3.63, 3.8) is 0 Å². The van der Waals surface area contributed by atoms with Crippen molar-refractivity contribution < 1.29 is 9.90 Å². The maximum Gasteiger partial charge on any atom is 0.225 e. The van der Waals surface area contributed by atoms with Crippen LogP contribution in [-0.4, -0.2) is 43.0 Å². The maximum atomic E-state index is 12.6. The van der Waals surface area contributed by atoms with Crippen LogP contribution in [0.1, 0.15) is 38.2 Å². The van der Waals surface area contributed by atoms with Gasteiger partial charge in [0.25, 0.3) is 0 Å². The van der Waals surface area contributed by atoms with Crippen molar-refractivity contribution in [1.82, 2.24) is 19.4 Å². The molecule has 0 radical (unpaired) electrons. The third kappa shape index (κ3) is 4.32. The number of aliphatic hydroxyl groups is 1. The van der Waals surface area contributed by atoms with Gasteiger partial charge in [0.05, 0.1) is 18.9 Å². The number of nitrogens with zero attached hydrogens (tertiary/aromatic N) is 5. The van der Waals surface area contributed by atoms with Crippen LogP contribution in [0.3, 0.4) is 0 Å². The molecule has 3 aromatic heterocycles. The number of pyridine rings is 1. The van der Waals surface area contributed by atoms with E-state index in [1.807, 2.05) is 22.7 Å². The van der Waals surface area contributed by atoms with Crippen molar-refractivity contribution in [3.05, 3.63) is 47.1 Å². The van der Waals surface area contributed by atoms with E-state index in [0.29, 0.717) is 23.8 Å². The number of imidazole rings is 1. The standard InChI is InChI=1S/C21H25BrN6O2/c1-14(30)27(11-15-5-4-8-23-9-15)21-20-24-10-18(22)28(20)12-19(26-21)25-17-7-3-2-6-16(17)13-29/h4-5,8-10,12,16-17,25,29H,2-3,6-7,11,13H2,1H3. The summed E-state index contributed by atoms with van der Waals surface area (Å²) in [7, 11) is 0. The van der Waals surface area contributed by atoms with Gasteiger partial charge in [-0.25, -0.2) is 9.97 Å². The molecular weight excluding hydrogens is 448 g/mol. The zero-order chi connectivity index (χ0) is 21.1. The third-order valence-corrected chi connectivity index (χ3v) is 6.19. The highest BCUT2D eigenvalue weighted by molar-refractivity contribution is 9.10. The van der Waals surface area contributed by atoms with Crippen LogP contribution in [0, 0.1) is 5.92 Å². The molecule has 158 valence electrons. The molecule has 9 heteroatoms. The second-order valence-electron chi connectivity index (χ2n) is 7.67. The number of carbonyl (C=O) groups excluding carboxylic acids is 1. The average Bonchev–Trinajstić information content (AvgIpc) is 3.13. The number of anilines is 2. The fourth-order valence-corrected chi connectivity index (χ4v) is 4.38. The number of amides is 1. The molecule has 1 aliphatic rings. The molecule has 30 heavy (non-hydrogen) atoms. The van der Waals surface area contributed by atoms with Crippen molar-refractivity contribution >= 4 is 39.1 Å². The summed E-state index contributed by atoms with van der Waals surface area (Å²) in [6, 6.07) is 3.92. The summed E-state index contributed by atoms with van der Waals surface area (Å²) in [6.07, 6.45) is 11.3. The lowest BCUT2D eigenvalue weighted by Crippen LogP contribution is -2.35. The van der Waals surface area contributed by atoms with Gasteiger partial charge >= 0.3 is 0 Å². The van der Waals surface area contributed by atoms with Crippen molar-refractivity contribution in [2.24, 2.45) is 5.92 Å². The second-order valence-corrected chi connectivity index (χ2v) is 8.48. The van der Waals surface area contributed by atoms with Crippen molar-refractivity contribution in [1.29, 1.82) is 0 Å². The Kier molecular flexibility index (Phi) is 6.29. The monoisotopic (exact) mass is 472 g/mol. The molecule has 1 fully saturated rings. The van der Waals surface area contributed by atoms with Crippen LogP contribution in [0.15, 0.2) is 41.5 Å². The Morgan fingerprint density at radius 2 is 2.20 bits per heavy atom. The van der Waals surface area contributed by atoms with Gasteiger partial charge in [-0.2, -0.15) is 0 Å². The highest BCUT2D eigenvalue weighted by atomic mass is 79.9. The summed E-state index contributed by atoms with van der Waals surface area (Å²) in [5.41, 5.74) is 1.50. The van der Waals surface area contributed by atoms with Gasteiger partial charge in [0.2, 0.25) is 5.91 Å². The smallest absolute Gasteiger partial charge is 0.225 e. The molecule has 3 aromatic rings. The minimum Gasteiger partial charge on any atom is -0.396 e. The minimum absolute atomic E-state index is 0.129. The Balaban J connectivity index is 1.73. The topological polar surface area (TPSA) is 95.7 Å². The number of aliphatic hydroxyl groups excluding tert-OH is 1. The van der Waals surface area contributed by atoms with Crippen LogP contribution in [0.4, 0.5) is 11.6 Å². The highest BCUT2D eigenvalue weighted by Gasteiger charge is 2.26. The lowest BCUT2D eigenvalue weighted by Gasteiger charge is -2.31. The highest BCUT2D eigenvalue weighted by Crippen LogP contribution is 2.30. The molecule has 2 atom stereocenters. The molecule has 0 aliphatic heterocycles. The average molecular weight is 473 g/mol. The summed E-state index contributed by atoms with van der Waals surface area (Å²) in [6.45, 7) is 2.03. The number of fused-ring (bicyclic) bond motifs is 1. The Morgan fingerprint density at radius 3 is 2.93 bits per heavy atom. The van der Waals surface area contributed by atoms with E-state index in [4.69, 9.17) is 4.98 Å². The van der Waals surface area contributed by atoms with Crippen molar-refractivity contribution in [3.8, 4) is 0 Å². The molecule has 1 aliphatic carbocycles. The fourth-order valence-electron chi connectivity index (χ4n) is 4.01. The lowest BCUT2D eigenvalue weighted by molar-refractivity contribution is -0.116. The van der Waals surface area contributed by atoms with Crippen LogP contribution in [0.5, 0.6) is 0 Å².